The summed E-state index contributed by atoms with van der Waals surface area (Å²) in [5, 5.41) is 15.3. The van der Waals surface area contributed by atoms with E-state index in [1.165, 1.54) is 16.7 Å². The zero-order valence-electron chi connectivity index (χ0n) is 13.3. The van der Waals surface area contributed by atoms with E-state index >= 15 is 0 Å². The Kier molecular flexibility index (Phi) is 3.07. The second-order valence-electron chi connectivity index (χ2n) is 5.62. The van der Waals surface area contributed by atoms with E-state index in [-0.39, 0.29) is 0 Å². The summed E-state index contributed by atoms with van der Waals surface area (Å²) in [6.45, 7) is 0. The van der Waals surface area contributed by atoms with Gasteiger partial charge in [0.15, 0.2) is 10.8 Å². The molecule has 6 nitrogen and oxygen atoms in total. The molecule has 0 saturated heterocycles. The van der Waals surface area contributed by atoms with Crippen LogP contribution in [-0.2, 0) is 0 Å². The summed E-state index contributed by atoms with van der Waals surface area (Å²) < 4.78 is 6.99. The fraction of sp³-hybridized carbons (Fsp3) is 0.0556. The molecular formula is C18H13N5OS. The third-order valence-electron chi connectivity index (χ3n) is 4.10. The predicted octanol–water partition coefficient (Wildman–Crippen LogP) is 4.01. The lowest BCUT2D eigenvalue weighted by atomic mass is 10.2. The van der Waals surface area contributed by atoms with Crippen molar-refractivity contribution in [2.75, 3.05) is 7.11 Å². The first kappa shape index (κ1) is 14.2. The monoisotopic (exact) mass is 347 g/mol. The van der Waals surface area contributed by atoms with Crippen molar-refractivity contribution in [3.05, 3.63) is 54.6 Å². The average molecular weight is 347 g/mol. The number of methoxy groups -OCH3 is 1. The summed E-state index contributed by atoms with van der Waals surface area (Å²) in [5.41, 5.74) is 3.03. The van der Waals surface area contributed by atoms with Crippen molar-refractivity contribution in [3.63, 3.8) is 0 Å². The van der Waals surface area contributed by atoms with Gasteiger partial charge in [-0.3, -0.25) is 0 Å². The molecule has 0 atom stereocenters. The number of nitrogens with zero attached hydrogens (tertiary/aromatic N) is 4. The van der Waals surface area contributed by atoms with Gasteiger partial charge in [-0.05, 0) is 36.4 Å². The molecule has 0 unspecified atom stereocenters. The minimum atomic E-state index is 0.719. The van der Waals surface area contributed by atoms with Crippen LogP contribution in [0.4, 0.5) is 0 Å². The van der Waals surface area contributed by atoms with E-state index in [9.17, 15) is 0 Å². The van der Waals surface area contributed by atoms with Gasteiger partial charge < -0.3 is 9.72 Å². The van der Waals surface area contributed by atoms with Crippen molar-refractivity contribution in [1.82, 2.24) is 24.8 Å². The number of benzene rings is 2. The van der Waals surface area contributed by atoms with E-state index < -0.39 is 0 Å². The van der Waals surface area contributed by atoms with Crippen molar-refractivity contribution in [2.24, 2.45) is 0 Å². The molecule has 0 saturated carbocycles. The molecule has 0 fully saturated rings. The second kappa shape index (κ2) is 5.42. The van der Waals surface area contributed by atoms with Crippen LogP contribution in [-0.4, -0.2) is 31.9 Å². The molecule has 0 aliphatic rings. The quantitative estimate of drug-likeness (QED) is 0.535. The van der Waals surface area contributed by atoms with Crippen LogP contribution in [0, 0.1) is 0 Å². The van der Waals surface area contributed by atoms with E-state index in [1.807, 2.05) is 36.4 Å². The van der Waals surface area contributed by atoms with E-state index in [0.717, 1.165) is 38.3 Å². The van der Waals surface area contributed by atoms with Crippen molar-refractivity contribution in [3.8, 4) is 27.8 Å². The maximum atomic E-state index is 5.20. The molecule has 3 heterocycles. The first-order valence-electron chi connectivity index (χ1n) is 7.76. The maximum Gasteiger partial charge on any atom is 0.235 e. The lowest BCUT2D eigenvalue weighted by molar-refractivity contribution is 0.415. The summed E-state index contributed by atoms with van der Waals surface area (Å²) >= 11 is 1.51. The number of nitrogens with one attached hydrogen (secondary N) is 1. The molecule has 7 heteroatoms. The molecule has 0 aliphatic carbocycles. The standard InChI is InChI=1S/C18H13N5OS/c1-24-13-8-6-11(7-9-13)16-20-21-18-23(16)22-17(25-18)15-10-12-4-2-3-5-14(12)19-15/h2-10,19H,1H3. The Hall–Kier alpha value is -3.19. The zero-order chi connectivity index (χ0) is 16.8. The molecule has 0 radical (unpaired) electrons. The topological polar surface area (TPSA) is 68.1 Å². The fourth-order valence-electron chi connectivity index (χ4n) is 2.83. The molecule has 5 aromatic rings. The highest BCUT2D eigenvalue weighted by Crippen LogP contribution is 2.30. The number of aromatic nitrogens is 5. The molecule has 2 aromatic carbocycles. The number of fused-ring (bicyclic) bond motifs is 2. The SMILES string of the molecule is COc1ccc(-c2nnc3sc(-c4cc5ccccc5[nH]4)nn23)cc1. The smallest absolute Gasteiger partial charge is 0.235 e. The van der Waals surface area contributed by atoms with Crippen molar-refractivity contribution >= 4 is 27.2 Å². The maximum absolute atomic E-state index is 5.20. The highest BCUT2D eigenvalue weighted by Gasteiger charge is 2.15. The number of ether oxygens (including phenoxy) is 1. The van der Waals surface area contributed by atoms with Crippen molar-refractivity contribution < 1.29 is 4.74 Å². The van der Waals surface area contributed by atoms with Crippen LogP contribution in [0.2, 0.25) is 0 Å². The van der Waals surface area contributed by atoms with Crippen LogP contribution < -0.4 is 4.74 Å². The molecule has 1 N–H and O–H groups in total. The Morgan fingerprint density at radius 1 is 1.04 bits per heavy atom. The second-order valence-corrected chi connectivity index (χ2v) is 6.58. The Morgan fingerprint density at radius 3 is 2.68 bits per heavy atom. The number of hydrogen-bond acceptors (Lipinski definition) is 5. The van der Waals surface area contributed by atoms with Crippen LogP contribution in [0.3, 0.4) is 0 Å². The molecule has 0 bridgehead atoms. The van der Waals surface area contributed by atoms with Crippen LogP contribution >= 0.6 is 11.3 Å². The zero-order valence-corrected chi connectivity index (χ0v) is 14.1. The highest BCUT2D eigenvalue weighted by atomic mass is 32.1. The molecular weight excluding hydrogens is 334 g/mol. The summed E-state index contributed by atoms with van der Waals surface area (Å²) in [5.74, 6) is 1.53. The first-order chi connectivity index (χ1) is 12.3. The van der Waals surface area contributed by atoms with E-state index in [4.69, 9.17) is 9.84 Å². The van der Waals surface area contributed by atoms with E-state index in [2.05, 4.69) is 33.4 Å². The Bertz CT molecular complexity index is 1150. The van der Waals surface area contributed by atoms with Crippen LogP contribution in [0.25, 0.3) is 38.0 Å². The summed E-state index contributed by atoms with van der Waals surface area (Å²) in [6, 6.07) is 18.0. The molecule has 0 amide bonds. The normalized spacial score (nSPS) is 11.4. The van der Waals surface area contributed by atoms with Crippen LogP contribution in [0.5, 0.6) is 5.75 Å². The largest absolute Gasteiger partial charge is 0.497 e. The summed E-state index contributed by atoms with van der Waals surface area (Å²) in [4.78, 5) is 4.17. The van der Waals surface area contributed by atoms with Gasteiger partial charge in [0, 0.05) is 16.5 Å². The molecule has 5 rings (SSSR count). The van der Waals surface area contributed by atoms with E-state index in [1.54, 1.807) is 11.6 Å². The Morgan fingerprint density at radius 2 is 1.88 bits per heavy atom. The van der Waals surface area contributed by atoms with Crippen molar-refractivity contribution in [2.45, 2.75) is 0 Å². The lowest BCUT2D eigenvalue weighted by Crippen LogP contribution is -1.91. The number of para-hydroxylation sites is 1. The Labute approximate surface area is 146 Å². The molecule has 0 aliphatic heterocycles. The minimum absolute atomic E-state index is 0.719. The minimum Gasteiger partial charge on any atom is -0.497 e. The number of aromatic amines is 1. The molecule has 25 heavy (non-hydrogen) atoms. The number of H-pyrrole nitrogens is 1. The highest BCUT2D eigenvalue weighted by molar-refractivity contribution is 7.19. The van der Waals surface area contributed by atoms with Gasteiger partial charge in [-0.2, -0.15) is 9.61 Å². The van der Waals surface area contributed by atoms with Gasteiger partial charge in [0.1, 0.15) is 5.75 Å². The van der Waals surface area contributed by atoms with Crippen LogP contribution in [0.1, 0.15) is 0 Å². The molecule has 122 valence electrons. The Balaban J connectivity index is 1.61. The van der Waals surface area contributed by atoms with Crippen molar-refractivity contribution in [1.29, 1.82) is 0 Å². The third-order valence-corrected chi connectivity index (χ3v) is 5.03. The molecule has 0 spiro atoms. The number of hydrogen-bond donors (Lipinski definition) is 1. The lowest BCUT2D eigenvalue weighted by Gasteiger charge is -2.00. The average Bonchev–Trinajstić information content (AvgIpc) is 3.34. The van der Waals surface area contributed by atoms with Gasteiger partial charge in [0.2, 0.25) is 4.96 Å². The van der Waals surface area contributed by atoms with E-state index in [0.29, 0.717) is 0 Å². The van der Waals surface area contributed by atoms with Gasteiger partial charge >= 0.3 is 0 Å². The third kappa shape index (κ3) is 2.28. The van der Waals surface area contributed by atoms with Gasteiger partial charge in [-0.1, -0.05) is 29.5 Å². The molecule has 3 aromatic heterocycles. The van der Waals surface area contributed by atoms with Gasteiger partial charge in [-0.15, -0.1) is 10.2 Å². The summed E-state index contributed by atoms with van der Waals surface area (Å²) in [7, 11) is 1.65. The van der Waals surface area contributed by atoms with Gasteiger partial charge in [0.25, 0.3) is 0 Å². The van der Waals surface area contributed by atoms with Gasteiger partial charge in [0.05, 0.1) is 12.8 Å². The van der Waals surface area contributed by atoms with Gasteiger partial charge in [-0.25, -0.2) is 0 Å². The summed E-state index contributed by atoms with van der Waals surface area (Å²) in [6.07, 6.45) is 0. The predicted molar refractivity (Wildman–Crippen MR) is 97.9 cm³/mol. The number of rotatable bonds is 3. The first-order valence-corrected chi connectivity index (χ1v) is 8.58. The fourth-order valence-corrected chi connectivity index (χ4v) is 3.65. The van der Waals surface area contributed by atoms with Crippen LogP contribution in [0.15, 0.2) is 54.6 Å².